The second kappa shape index (κ2) is 3.56. The zero-order chi connectivity index (χ0) is 13.1. The van der Waals surface area contributed by atoms with E-state index >= 15 is 0 Å². The van der Waals surface area contributed by atoms with Gasteiger partial charge in [-0.3, -0.25) is 14.5 Å². The van der Waals surface area contributed by atoms with Gasteiger partial charge in [-0.1, -0.05) is 12.1 Å². The Morgan fingerprint density at radius 3 is 2.58 bits per heavy atom. The number of hydrogen-bond donors (Lipinski definition) is 0. The molecule has 3 nitrogen and oxygen atoms in total. The van der Waals surface area contributed by atoms with Crippen molar-refractivity contribution in [2.24, 2.45) is 11.8 Å². The zero-order valence-corrected chi connectivity index (χ0v) is 10.8. The molecule has 3 heteroatoms. The van der Waals surface area contributed by atoms with Crippen LogP contribution in [0.5, 0.6) is 0 Å². The monoisotopic (exact) mass is 253 g/mol. The summed E-state index contributed by atoms with van der Waals surface area (Å²) in [6.45, 7) is 0. The Bertz CT molecular complexity index is 644. The first-order valence-corrected chi connectivity index (χ1v) is 6.83. The maximum Gasteiger partial charge on any atom is 0.261 e. The molecule has 2 bridgehead atoms. The Labute approximate surface area is 111 Å². The molecule has 0 saturated heterocycles. The molecule has 0 spiro atoms. The van der Waals surface area contributed by atoms with Crippen molar-refractivity contribution in [1.29, 1.82) is 0 Å². The normalized spacial score (nSPS) is 28.1. The number of rotatable bonds is 1. The molecule has 1 saturated carbocycles. The van der Waals surface area contributed by atoms with Gasteiger partial charge in [-0.2, -0.15) is 0 Å². The Hall–Kier alpha value is -1.90. The lowest BCUT2D eigenvalue weighted by Gasteiger charge is -2.14. The third-order valence-corrected chi connectivity index (χ3v) is 4.75. The summed E-state index contributed by atoms with van der Waals surface area (Å²) in [5.74, 6) is 1.03. The fourth-order valence-electron chi connectivity index (χ4n) is 3.71. The molecule has 1 heterocycles. The van der Waals surface area contributed by atoms with Crippen LogP contribution in [0.15, 0.2) is 24.3 Å². The number of allylic oxidation sites excluding steroid dienone is 2. The van der Waals surface area contributed by atoms with Gasteiger partial charge in [0.1, 0.15) is 0 Å². The molecule has 2 atom stereocenters. The predicted molar refractivity (Wildman–Crippen MR) is 71.7 cm³/mol. The summed E-state index contributed by atoms with van der Waals surface area (Å²) in [6.07, 6.45) is 6.19. The van der Waals surface area contributed by atoms with E-state index in [2.05, 4.69) is 6.08 Å². The van der Waals surface area contributed by atoms with Crippen molar-refractivity contribution in [2.45, 2.75) is 19.3 Å². The Morgan fingerprint density at radius 1 is 1.11 bits per heavy atom. The molecule has 96 valence electrons. The molecule has 2 unspecified atom stereocenters. The van der Waals surface area contributed by atoms with Crippen LogP contribution in [0, 0.1) is 11.8 Å². The Kier molecular flexibility index (Phi) is 2.06. The van der Waals surface area contributed by atoms with Gasteiger partial charge in [-0.05, 0) is 54.4 Å². The maximum absolute atomic E-state index is 12.0. The largest absolute Gasteiger partial charge is 0.277 e. The Balaban J connectivity index is 1.80. The van der Waals surface area contributed by atoms with E-state index in [1.54, 1.807) is 13.1 Å². The molecule has 4 rings (SSSR count). The van der Waals surface area contributed by atoms with Crippen LogP contribution in [0.4, 0.5) is 0 Å². The first-order valence-electron chi connectivity index (χ1n) is 6.83. The quantitative estimate of drug-likeness (QED) is 0.722. The molecular formula is C16H15NO2. The van der Waals surface area contributed by atoms with Crippen molar-refractivity contribution in [1.82, 2.24) is 4.90 Å². The van der Waals surface area contributed by atoms with E-state index in [1.807, 2.05) is 12.1 Å². The van der Waals surface area contributed by atoms with Gasteiger partial charge in [0, 0.05) is 7.05 Å². The number of imide groups is 1. The second-order valence-electron chi connectivity index (χ2n) is 5.82. The second-order valence-corrected chi connectivity index (χ2v) is 5.82. The molecule has 1 aliphatic heterocycles. The van der Waals surface area contributed by atoms with Crippen LogP contribution >= 0.6 is 0 Å². The summed E-state index contributed by atoms with van der Waals surface area (Å²) in [7, 11) is 1.54. The third-order valence-electron chi connectivity index (χ3n) is 4.75. The Morgan fingerprint density at radius 2 is 1.89 bits per heavy atom. The van der Waals surface area contributed by atoms with Gasteiger partial charge < -0.3 is 0 Å². The average molecular weight is 253 g/mol. The smallest absolute Gasteiger partial charge is 0.261 e. The van der Waals surface area contributed by atoms with Crippen LogP contribution < -0.4 is 0 Å². The number of hydrogen-bond acceptors (Lipinski definition) is 2. The molecule has 0 radical (unpaired) electrons. The maximum atomic E-state index is 12.0. The van der Waals surface area contributed by atoms with Crippen LogP contribution in [0.1, 0.15) is 45.5 Å². The van der Waals surface area contributed by atoms with Crippen LogP contribution in [0.25, 0.3) is 5.57 Å². The summed E-state index contributed by atoms with van der Waals surface area (Å²) < 4.78 is 0. The zero-order valence-electron chi connectivity index (χ0n) is 10.8. The fourth-order valence-corrected chi connectivity index (χ4v) is 3.71. The highest BCUT2D eigenvalue weighted by atomic mass is 16.2. The first kappa shape index (κ1) is 11.0. The third kappa shape index (κ3) is 1.38. The molecule has 2 amide bonds. The van der Waals surface area contributed by atoms with E-state index in [0.717, 1.165) is 11.5 Å². The summed E-state index contributed by atoms with van der Waals surface area (Å²) in [4.78, 5) is 25.1. The highest BCUT2D eigenvalue weighted by Crippen LogP contribution is 2.48. The molecule has 1 aromatic rings. The predicted octanol–water partition coefficient (Wildman–Crippen LogP) is 2.73. The van der Waals surface area contributed by atoms with E-state index in [9.17, 15) is 9.59 Å². The summed E-state index contributed by atoms with van der Waals surface area (Å²) in [5, 5.41) is 0. The highest BCUT2D eigenvalue weighted by Gasteiger charge is 2.36. The minimum Gasteiger partial charge on any atom is -0.277 e. The number of nitrogens with zero attached hydrogens (tertiary/aromatic N) is 1. The average Bonchev–Trinajstić information content (AvgIpc) is 3.11. The molecule has 3 aliphatic rings. The lowest BCUT2D eigenvalue weighted by Crippen LogP contribution is -2.24. The van der Waals surface area contributed by atoms with Crippen molar-refractivity contribution in [3.8, 4) is 0 Å². The SMILES string of the molecule is CN1C(=O)c2ccc(C3=CC4CCC3C4)cc2C1=O. The molecule has 2 aliphatic carbocycles. The molecule has 0 N–H and O–H groups in total. The van der Waals surface area contributed by atoms with Gasteiger partial charge >= 0.3 is 0 Å². The van der Waals surface area contributed by atoms with E-state index in [-0.39, 0.29) is 11.8 Å². The number of benzene rings is 1. The molecule has 1 aromatic carbocycles. The molecule has 0 aromatic heterocycles. The number of fused-ring (bicyclic) bond motifs is 3. The van der Waals surface area contributed by atoms with Gasteiger partial charge in [0.2, 0.25) is 0 Å². The van der Waals surface area contributed by atoms with Gasteiger partial charge in [0.15, 0.2) is 0 Å². The van der Waals surface area contributed by atoms with Gasteiger partial charge in [0.25, 0.3) is 11.8 Å². The van der Waals surface area contributed by atoms with Gasteiger partial charge in [0.05, 0.1) is 11.1 Å². The van der Waals surface area contributed by atoms with E-state index < -0.39 is 0 Å². The summed E-state index contributed by atoms with van der Waals surface area (Å²) in [5.41, 5.74) is 3.62. The lowest BCUT2D eigenvalue weighted by molar-refractivity contribution is 0.0693. The molecule has 1 fully saturated rings. The summed E-state index contributed by atoms with van der Waals surface area (Å²) in [6, 6.07) is 5.71. The summed E-state index contributed by atoms with van der Waals surface area (Å²) >= 11 is 0. The van der Waals surface area contributed by atoms with E-state index in [1.165, 1.54) is 29.7 Å². The van der Waals surface area contributed by atoms with Crippen molar-refractivity contribution in [3.05, 3.63) is 41.0 Å². The van der Waals surface area contributed by atoms with Crippen LogP contribution in [-0.4, -0.2) is 23.8 Å². The van der Waals surface area contributed by atoms with Crippen LogP contribution in [0.3, 0.4) is 0 Å². The topological polar surface area (TPSA) is 37.4 Å². The van der Waals surface area contributed by atoms with Crippen molar-refractivity contribution in [2.75, 3.05) is 7.05 Å². The minimum absolute atomic E-state index is 0.175. The lowest BCUT2D eigenvalue weighted by atomic mass is 9.90. The number of amides is 2. The van der Waals surface area contributed by atoms with Crippen LogP contribution in [0.2, 0.25) is 0 Å². The van der Waals surface area contributed by atoms with Gasteiger partial charge in [-0.15, -0.1) is 0 Å². The van der Waals surface area contributed by atoms with Crippen molar-refractivity contribution < 1.29 is 9.59 Å². The van der Waals surface area contributed by atoms with Crippen molar-refractivity contribution >= 4 is 17.4 Å². The van der Waals surface area contributed by atoms with Crippen LogP contribution in [-0.2, 0) is 0 Å². The van der Waals surface area contributed by atoms with Crippen molar-refractivity contribution in [3.63, 3.8) is 0 Å². The minimum atomic E-state index is -0.187. The fraction of sp³-hybridized carbons (Fsp3) is 0.375. The molecular weight excluding hydrogens is 238 g/mol. The standard InChI is InChI=1S/C16H15NO2/c1-17-15(18)12-5-4-11(8-14(12)16(17)19)13-7-9-2-3-10(13)6-9/h4-5,7-10H,2-3,6H2,1H3. The van der Waals surface area contributed by atoms with E-state index in [4.69, 9.17) is 0 Å². The van der Waals surface area contributed by atoms with E-state index in [0.29, 0.717) is 17.0 Å². The number of carbonyl (C=O) groups excluding carboxylic acids is 2. The molecule has 19 heavy (non-hydrogen) atoms. The van der Waals surface area contributed by atoms with Gasteiger partial charge in [-0.25, -0.2) is 0 Å². The number of carbonyl (C=O) groups is 2. The highest BCUT2D eigenvalue weighted by molar-refractivity contribution is 6.21. The first-order chi connectivity index (χ1) is 9.15.